The maximum absolute atomic E-state index is 4.83. The largest absolute Gasteiger partial charge is 0.339 e. The quantitative estimate of drug-likeness (QED) is 0.739. The first-order chi connectivity index (χ1) is 11.3. The zero-order chi connectivity index (χ0) is 15.6. The Morgan fingerprint density at radius 1 is 1.26 bits per heavy atom. The number of hydrogen-bond donors (Lipinski definition) is 2. The van der Waals surface area contributed by atoms with Crippen molar-refractivity contribution in [1.29, 1.82) is 0 Å². The summed E-state index contributed by atoms with van der Waals surface area (Å²) in [6, 6.07) is 6.00. The lowest BCUT2D eigenvalue weighted by Gasteiger charge is -2.23. The summed E-state index contributed by atoms with van der Waals surface area (Å²) in [6.07, 6.45) is 7.57. The molecular weight excluding hydrogens is 356 g/mol. The van der Waals surface area contributed by atoms with Crippen LogP contribution in [0.15, 0.2) is 41.3 Å². The molecule has 0 unspecified atom stereocenters. The Labute approximate surface area is 142 Å². The van der Waals surface area contributed by atoms with Crippen LogP contribution in [-0.4, -0.2) is 32.7 Å². The highest BCUT2D eigenvalue weighted by molar-refractivity contribution is 9.10. The summed E-state index contributed by atoms with van der Waals surface area (Å²) in [7, 11) is 0. The van der Waals surface area contributed by atoms with Crippen molar-refractivity contribution in [2.24, 2.45) is 0 Å². The van der Waals surface area contributed by atoms with Gasteiger partial charge in [0.1, 0.15) is 5.82 Å². The van der Waals surface area contributed by atoms with Gasteiger partial charge in [0.25, 0.3) is 0 Å². The van der Waals surface area contributed by atoms with Crippen LogP contribution in [-0.2, 0) is 0 Å². The molecule has 1 saturated heterocycles. The molecule has 7 heteroatoms. The number of rotatable bonds is 3. The van der Waals surface area contributed by atoms with E-state index in [2.05, 4.69) is 42.7 Å². The number of anilines is 2. The number of hydrogen-bond acceptors (Lipinski definition) is 5. The third-order valence-corrected chi connectivity index (χ3v) is 4.70. The van der Waals surface area contributed by atoms with E-state index in [1.165, 1.54) is 0 Å². The summed E-state index contributed by atoms with van der Waals surface area (Å²) in [4.78, 5) is 8.98. The zero-order valence-electron chi connectivity index (χ0n) is 12.5. The van der Waals surface area contributed by atoms with E-state index in [4.69, 9.17) is 4.98 Å². The number of nitrogens with zero attached hydrogens (tertiary/aromatic N) is 4. The van der Waals surface area contributed by atoms with Crippen molar-refractivity contribution in [3.63, 3.8) is 0 Å². The van der Waals surface area contributed by atoms with Crippen LogP contribution >= 0.6 is 15.9 Å². The van der Waals surface area contributed by atoms with Gasteiger partial charge in [0.2, 0.25) is 0 Å². The van der Waals surface area contributed by atoms with Crippen LogP contribution in [0, 0.1) is 0 Å². The van der Waals surface area contributed by atoms with E-state index in [9.17, 15) is 0 Å². The molecule has 0 atom stereocenters. The van der Waals surface area contributed by atoms with Crippen LogP contribution in [0.4, 0.5) is 11.5 Å². The fourth-order valence-electron chi connectivity index (χ4n) is 2.96. The number of aromatic nitrogens is 4. The molecule has 6 nitrogen and oxygen atoms in total. The Balaban J connectivity index is 1.78. The van der Waals surface area contributed by atoms with Gasteiger partial charge in [-0.1, -0.05) is 0 Å². The van der Waals surface area contributed by atoms with Crippen LogP contribution in [0.5, 0.6) is 0 Å². The Bertz CT molecular complexity index is 810. The fraction of sp³-hybridized carbons (Fsp3) is 0.312. The SMILES string of the molecule is Brc1cnn2c(Nc3cccnc3)cc(C3CCNCC3)nc12. The van der Waals surface area contributed by atoms with Gasteiger partial charge in [-0.3, -0.25) is 4.98 Å². The smallest absolute Gasteiger partial charge is 0.171 e. The second kappa shape index (κ2) is 6.25. The molecule has 1 fully saturated rings. The van der Waals surface area contributed by atoms with Gasteiger partial charge in [-0.2, -0.15) is 9.61 Å². The lowest BCUT2D eigenvalue weighted by Crippen LogP contribution is -2.27. The zero-order valence-corrected chi connectivity index (χ0v) is 14.1. The van der Waals surface area contributed by atoms with Crippen molar-refractivity contribution in [3.8, 4) is 0 Å². The monoisotopic (exact) mass is 372 g/mol. The van der Waals surface area contributed by atoms with Crippen molar-refractivity contribution in [1.82, 2.24) is 24.9 Å². The number of halogens is 1. The van der Waals surface area contributed by atoms with E-state index < -0.39 is 0 Å². The van der Waals surface area contributed by atoms with Gasteiger partial charge >= 0.3 is 0 Å². The van der Waals surface area contributed by atoms with Crippen LogP contribution < -0.4 is 10.6 Å². The predicted octanol–water partition coefficient (Wildman–Crippen LogP) is 3.10. The van der Waals surface area contributed by atoms with Crippen molar-refractivity contribution < 1.29 is 0 Å². The van der Waals surface area contributed by atoms with E-state index in [1.54, 1.807) is 18.6 Å². The van der Waals surface area contributed by atoms with Gasteiger partial charge < -0.3 is 10.6 Å². The van der Waals surface area contributed by atoms with E-state index in [1.807, 2.05) is 16.6 Å². The molecule has 0 spiro atoms. The molecule has 1 aliphatic rings. The van der Waals surface area contributed by atoms with E-state index in [0.29, 0.717) is 5.92 Å². The molecule has 118 valence electrons. The summed E-state index contributed by atoms with van der Waals surface area (Å²) in [6.45, 7) is 2.09. The van der Waals surface area contributed by atoms with Crippen molar-refractivity contribution in [3.05, 3.63) is 47.0 Å². The Hall–Kier alpha value is -1.99. The van der Waals surface area contributed by atoms with Gasteiger partial charge in [0.05, 0.1) is 22.6 Å². The first-order valence-corrected chi connectivity index (χ1v) is 8.52. The topological polar surface area (TPSA) is 67.1 Å². The molecular formula is C16H17BrN6. The van der Waals surface area contributed by atoms with Gasteiger partial charge in [-0.25, -0.2) is 4.98 Å². The third-order valence-electron chi connectivity index (χ3n) is 4.14. The normalized spacial score (nSPS) is 15.9. The molecule has 2 N–H and O–H groups in total. The minimum Gasteiger partial charge on any atom is -0.339 e. The molecule has 4 rings (SSSR count). The van der Waals surface area contributed by atoms with Crippen molar-refractivity contribution in [2.45, 2.75) is 18.8 Å². The average Bonchev–Trinajstić information content (AvgIpc) is 2.98. The first kappa shape index (κ1) is 14.6. The minimum atomic E-state index is 0.484. The molecule has 1 aliphatic heterocycles. The molecule has 0 aromatic carbocycles. The summed E-state index contributed by atoms with van der Waals surface area (Å²) < 4.78 is 2.73. The van der Waals surface area contributed by atoms with Crippen LogP contribution in [0.3, 0.4) is 0 Å². The lowest BCUT2D eigenvalue weighted by atomic mass is 9.94. The van der Waals surface area contributed by atoms with Crippen molar-refractivity contribution >= 4 is 33.1 Å². The molecule has 3 aromatic rings. The number of fused-ring (bicyclic) bond motifs is 1. The highest BCUT2D eigenvalue weighted by atomic mass is 79.9. The fourth-order valence-corrected chi connectivity index (χ4v) is 3.30. The van der Waals surface area contributed by atoms with Crippen LogP contribution in [0.2, 0.25) is 0 Å². The van der Waals surface area contributed by atoms with Gasteiger partial charge in [-0.05, 0) is 54.0 Å². The Kier molecular flexibility index (Phi) is 3.97. The first-order valence-electron chi connectivity index (χ1n) is 7.73. The predicted molar refractivity (Wildman–Crippen MR) is 93.1 cm³/mol. The lowest BCUT2D eigenvalue weighted by molar-refractivity contribution is 0.453. The third kappa shape index (κ3) is 2.94. The highest BCUT2D eigenvalue weighted by Gasteiger charge is 2.19. The van der Waals surface area contributed by atoms with Gasteiger partial charge in [0.15, 0.2) is 5.65 Å². The number of pyridine rings is 1. The average molecular weight is 373 g/mol. The van der Waals surface area contributed by atoms with Crippen LogP contribution in [0.25, 0.3) is 5.65 Å². The highest BCUT2D eigenvalue weighted by Crippen LogP contribution is 2.29. The summed E-state index contributed by atoms with van der Waals surface area (Å²) in [5.41, 5.74) is 2.89. The number of nitrogens with one attached hydrogen (secondary N) is 2. The van der Waals surface area contributed by atoms with Crippen LogP contribution in [0.1, 0.15) is 24.5 Å². The second-order valence-corrected chi connectivity index (χ2v) is 6.54. The molecule has 0 bridgehead atoms. The van der Waals surface area contributed by atoms with E-state index >= 15 is 0 Å². The van der Waals surface area contributed by atoms with Gasteiger partial charge in [-0.15, -0.1) is 0 Å². The summed E-state index contributed by atoms with van der Waals surface area (Å²) >= 11 is 3.55. The molecule has 3 aromatic heterocycles. The molecule has 4 heterocycles. The summed E-state index contributed by atoms with van der Waals surface area (Å²) in [5.74, 6) is 1.39. The Morgan fingerprint density at radius 2 is 2.13 bits per heavy atom. The number of piperidine rings is 1. The Morgan fingerprint density at radius 3 is 2.91 bits per heavy atom. The maximum Gasteiger partial charge on any atom is 0.171 e. The standard InChI is InChI=1S/C16H17BrN6/c17-13-10-20-23-15(21-12-2-1-5-19-9-12)8-14(22-16(13)23)11-3-6-18-7-4-11/h1-2,5,8-11,18,21H,3-4,6-7H2. The van der Waals surface area contributed by atoms with E-state index in [-0.39, 0.29) is 0 Å². The molecule has 23 heavy (non-hydrogen) atoms. The van der Waals surface area contributed by atoms with Crippen molar-refractivity contribution in [2.75, 3.05) is 18.4 Å². The molecule has 0 radical (unpaired) electrons. The maximum atomic E-state index is 4.83. The molecule has 0 saturated carbocycles. The van der Waals surface area contributed by atoms with Gasteiger partial charge in [0, 0.05) is 23.9 Å². The van der Waals surface area contributed by atoms with E-state index in [0.717, 1.165) is 53.3 Å². The minimum absolute atomic E-state index is 0.484. The molecule has 0 amide bonds. The summed E-state index contributed by atoms with van der Waals surface area (Å²) in [5, 5.41) is 11.2. The molecule has 0 aliphatic carbocycles. The second-order valence-electron chi connectivity index (χ2n) is 5.69.